The maximum Gasteiger partial charge on any atom is 0.119 e. The van der Waals surface area contributed by atoms with Crippen molar-refractivity contribution in [1.82, 2.24) is 0 Å². The first kappa shape index (κ1) is 16.3. The predicted octanol–water partition coefficient (Wildman–Crippen LogP) is 4.60. The Morgan fingerprint density at radius 3 is 2.43 bits per heavy atom. The maximum absolute atomic E-state index is 10.9. The second-order valence-electron chi connectivity index (χ2n) is 6.72. The summed E-state index contributed by atoms with van der Waals surface area (Å²) in [6, 6.07) is 7.91. The molecule has 0 saturated heterocycles. The molecule has 1 fully saturated rings. The monoisotopic (exact) mass is 351 g/mol. The molecule has 0 aromatic heterocycles. The number of ether oxygens (including phenoxy) is 1. The molecular weight excluding hydrogens is 330 g/mol. The van der Waals surface area contributed by atoms with E-state index in [1.807, 2.05) is 18.2 Å². The van der Waals surface area contributed by atoms with Crippen molar-refractivity contribution >= 4 is 15.9 Å². The van der Waals surface area contributed by atoms with Gasteiger partial charge in [0.2, 0.25) is 0 Å². The summed E-state index contributed by atoms with van der Waals surface area (Å²) in [6.07, 6.45) is 2.56. The SMILES string of the molecule is COc1ccc(Br)c(C(O)C2(C#N)CCC(C)(C)CC2)c1. The van der Waals surface area contributed by atoms with Crippen LogP contribution in [0.4, 0.5) is 0 Å². The fourth-order valence-corrected chi connectivity index (χ4v) is 3.44. The van der Waals surface area contributed by atoms with E-state index in [1.165, 1.54) is 0 Å². The predicted molar refractivity (Wildman–Crippen MR) is 85.9 cm³/mol. The quantitative estimate of drug-likeness (QED) is 0.865. The molecule has 0 radical (unpaired) electrons. The van der Waals surface area contributed by atoms with E-state index in [2.05, 4.69) is 35.8 Å². The van der Waals surface area contributed by atoms with Gasteiger partial charge >= 0.3 is 0 Å². The summed E-state index contributed by atoms with van der Waals surface area (Å²) in [6.45, 7) is 4.45. The van der Waals surface area contributed by atoms with Crippen molar-refractivity contribution in [3.05, 3.63) is 28.2 Å². The van der Waals surface area contributed by atoms with Gasteiger partial charge in [-0.15, -0.1) is 0 Å². The Labute approximate surface area is 135 Å². The average Bonchev–Trinajstić information content (AvgIpc) is 2.48. The number of hydrogen-bond donors (Lipinski definition) is 1. The van der Waals surface area contributed by atoms with E-state index in [0.29, 0.717) is 5.75 Å². The zero-order valence-corrected chi connectivity index (χ0v) is 14.4. The van der Waals surface area contributed by atoms with Crippen LogP contribution in [0, 0.1) is 22.2 Å². The molecule has 1 N–H and O–H groups in total. The summed E-state index contributed by atoms with van der Waals surface area (Å²) >= 11 is 3.48. The van der Waals surface area contributed by atoms with Crippen molar-refractivity contribution in [2.45, 2.75) is 45.6 Å². The molecule has 21 heavy (non-hydrogen) atoms. The Morgan fingerprint density at radius 1 is 1.29 bits per heavy atom. The average molecular weight is 352 g/mol. The van der Waals surface area contributed by atoms with Crippen molar-refractivity contribution < 1.29 is 9.84 Å². The number of aliphatic hydroxyl groups is 1. The fraction of sp³-hybridized carbons (Fsp3) is 0.588. The fourth-order valence-electron chi connectivity index (χ4n) is 2.98. The van der Waals surface area contributed by atoms with E-state index in [1.54, 1.807) is 7.11 Å². The lowest BCUT2D eigenvalue weighted by atomic mass is 9.62. The number of methoxy groups -OCH3 is 1. The first-order chi connectivity index (χ1) is 9.83. The number of hydrogen-bond acceptors (Lipinski definition) is 3. The number of benzene rings is 1. The molecule has 1 unspecified atom stereocenters. The van der Waals surface area contributed by atoms with Crippen LogP contribution in [0.25, 0.3) is 0 Å². The summed E-state index contributed by atoms with van der Waals surface area (Å²) in [5.41, 5.74) is 0.284. The summed E-state index contributed by atoms with van der Waals surface area (Å²) in [4.78, 5) is 0. The Morgan fingerprint density at radius 2 is 1.90 bits per heavy atom. The van der Waals surface area contributed by atoms with Gasteiger partial charge in [0.25, 0.3) is 0 Å². The van der Waals surface area contributed by atoms with Crippen LogP contribution in [0.1, 0.15) is 51.2 Å². The molecule has 1 aliphatic carbocycles. The van der Waals surface area contributed by atoms with Crippen LogP contribution in [0.2, 0.25) is 0 Å². The van der Waals surface area contributed by atoms with Crippen LogP contribution >= 0.6 is 15.9 Å². The van der Waals surface area contributed by atoms with Gasteiger partial charge in [-0.1, -0.05) is 29.8 Å². The third-order valence-electron chi connectivity index (χ3n) is 4.74. The zero-order chi connectivity index (χ0) is 15.7. The highest BCUT2D eigenvalue weighted by atomic mass is 79.9. The van der Waals surface area contributed by atoms with E-state index in [0.717, 1.165) is 35.7 Å². The van der Waals surface area contributed by atoms with Crippen LogP contribution in [0.15, 0.2) is 22.7 Å². The minimum Gasteiger partial charge on any atom is -0.497 e. The van der Waals surface area contributed by atoms with Gasteiger partial charge in [-0.05, 0) is 54.9 Å². The molecule has 0 spiro atoms. The topological polar surface area (TPSA) is 53.2 Å². The number of aliphatic hydroxyl groups excluding tert-OH is 1. The van der Waals surface area contributed by atoms with Crippen molar-refractivity contribution in [1.29, 1.82) is 5.26 Å². The molecule has 0 aliphatic heterocycles. The van der Waals surface area contributed by atoms with Gasteiger partial charge in [-0.25, -0.2) is 0 Å². The lowest BCUT2D eigenvalue weighted by Crippen LogP contribution is -2.35. The van der Waals surface area contributed by atoms with Crippen LogP contribution in [-0.4, -0.2) is 12.2 Å². The Hall–Kier alpha value is -1.05. The normalized spacial score (nSPS) is 21.3. The number of rotatable bonds is 3. The zero-order valence-electron chi connectivity index (χ0n) is 12.8. The van der Waals surface area contributed by atoms with Gasteiger partial charge in [-0.3, -0.25) is 0 Å². The minimum absolute atomic E-state index is 0.256. The van der Waals surface area contributed by atoms with Crippen molar-refractivity contribution in [3.8, 4) is 11.8 Å². The van der Waals surface area contributed by atoms with Gasteiger partial charge in [0.05, 0.1) is 24.7 Å². The summed E-state index contributed by atoms with van der Waals surface area (Å²) < 4.78 is 6.05. The maximum atomic E-state index is 10.9. The first-order valence-electron chi connectivity index (χ1n) is 7.26. The number of halogens is 1. The molecule has 2 rings (SSSR count). The second-order valence-corrected chi connectivity index (χ2v) is 7.58. The van der Waals surface area contributed by atoms with Gasteiger partial charge in [-0.2, -0.15) is 5.26 Å². The van der Waals surface area contributed by atoms with Crippen LogP contribution in [0.3, 0.4) is 0 Å². The van der Waals surface area contributed by atoms with E-state index in [9.17, 15) is 10.4 Å². The summed E-state index contributed by atoms with van der Waals surface area (Å²) in [5, 5.41) is 20.6. The van der Waals surface area contributed by atoms with E-state index in [4.69, 9.17) is 4.74 Å². The number of nitrogens with zero attached hydrogens (tertiary/aromatic N) is 1. The molecule has 1 aliphatic rings. The molecule has 1 atom stereocenters. The molecule has 1 aromatic carbocycles. The van der Waals surface area contributed by atoms with Crippen LogP contribution in [-0.2, 0) is 0 Å². The highest BCUT2D eigenvalue weighted by Gasteiger charge is 2.45. The van der Waals surface area contributed by atoms with Crippen LogP contribution < -0.4 is 4.74 Å². The van der Waals surface area contributed by atoms with Gasteiger partial charge in [0, 0.05) is 4.47 Å². The summed E-state index contributed by atoms with van der Waals surface area (Å²) in [7, 11) is 1.60. The molecule has 0 amide bonds. The molecular formula is C17H22BrNO2. The minimum atomic E-state index is -0.803. The smallest absolute Gasteiger partial charge is 0.119 e. The Balaban J connectivity index is 2.33. The Bertz CT molecular complexity index is 552. The second kappa shape index (κ2) is 5.98. The van der Waals surface area contributed by atoms with Crippen molar-refractivity contribution in [2.24, 2.45) is 10.8 Å². The van der Waals surface area contributed by atoms with E-state index in [-0.39, 0.29) is 5.41 Å². The first-order valence-corrected chi connectivity index (χ1v) is 8.06. The molecule has 1 saturated carbocycles. The number of nitriles is 1. The molecule has 3 nitrogen and oxygen atoms in total. The lowest BCUT2D eigenvalue weighted by Gasteiger charge is -2.42. The molecule has 4 heteroatoms. The molecule has 1 aromatic rings. The molecule has 0 bridgehead atoms. The van der Waals surface area contributed by atoms with E-state index >= 15 is 0 Å². The van der Waals surface area contributed by atoms with Crippen molar-refractivity contribution in [2.75, 3.05) is 7.11 Å². The van der Waals surface area contributed by atoms with Gasteiger partial charge in [0.1, 0.15) is 5.75 Å². The van der Waals surface area contributed by atoms with Crippen LogP contribution in [0.5, 0.6) is 5.75 Å². The Kier molecular flexibility index (Phi) is 4.65. The van der Waals surface area contributed by atoms with Crippen molar-refractivity contribution in [3.63, 3.8) is 0 Å². The third kappa shape index (κ3) is 3.25. The highest BCUT2D eigenvalue weighted by Crippen LogP contribution is 2.52. The van der Waals surface area contributed by atoms with E-state index < -0.39 is 11.5 Å². The summed E-state index contributed by atoms with van der Waals surface area (Å²) in [5.74, 6) is 0.691. The third-order valence-corrected chi connectivity index (χ3v) is 5.46. The highest BCUT2D eigenvalue weighted by molar-refractivity contribution is 9.10. The van der Waals surface area contributed by atoms with Gasteiger partial charge in [0.15, 0.2) is 0 Å². The molecule has 0 heterocycles. The largest absolute Gasteiger partial charge is 0.497 e. The molecule has 114 valence electrons. The van der Waals surface area contributed by atoms with Gasteiger partial charge < -0.3 is 9.84 Å². The lowest BCUT2D eigenvalue weighted by molar-refractivity contribution is 0.00903. The standard InChI is InChI=1S/C17H22BrNO2/c1-16(2)6-8-17(11-19,9-7-16)15(20)13-10-12(21-3)4-5-14(13)18/h4-5,10,15,20H,6-9H2,1-3H3.